The van der Waals surface area contributed by atoms with Crippen molar-refractivity contribution in [2.24, 2.45) is 0 Å². The Balaban J connectivity index is 2.69. The minimum atomic E-state index is -0.470. The van der Waals surface area contributed by atoms with Crippen molar-refractivity contribution >= 4 is 27.6 Å². The molecular weight excluding hydrogens is 270 g/mol. The van der Waals surface area contributed by atoms with E-state index in [0.29, 0.717) is 0 Å². The molecule has 0 radical (unpaired) electrons. The van der Waals surface area contributed by atoms with Crippen LogP contribution in [0.15, 0.2) is 24.3 Å². The van der Waals surface area contributed by atoms with Crippen molar-refractivity contribution in [3.05, 3.63) is 24.3 Å². The van der Waals surface area contributed by atoms with E-state index in [1.54, 1.807) is 12.2 Å². The van der Waals surface area contributed by atoms with Crippen molar-refractivity contribution in [2.75, 3.05) is 5.33 Å². The van der Waals surface area contributed by atoms with Gasteiger partial charge in [-0.3, -0.25) is 9.59 Å². The summed E-state index contributed by atoms with van der Waals surface area (Å²) in [5.74, 6) is -0.107. The van der Waals surface area contributed by atoms with Crippen LogP contribution in [0.2, 0.25) is 0 Å². The molecule has 0 atom stereocenters. The van der Waals surface area contributed by atoms with Gasteiger partial charge in [-0.25, -0.2) is 0 Å². The maximum atomic E-state index is 11.2. The van der Waals surface area contributed by atoms with Crippen LogP contribution in [0.3, 0.4) is 0 Å². The molecular formula is C12H16BrNO2. The predicted molar refractivity (Wildman–Crippen MR) is 67.5 cm³/mol. The molecule has 1 rings (SSSR count). The van der Waals surface area contributed by atoms with Crippen LogP contribution in [0.25, 0.3) is 0 Å². The van der Waals surface area contributed by atoms with Crippen molar-refractivity contribution in [3.8, 4) is 0 Å². The van der Waals surface area contributed by atoms with Gasteiger partial charge in [0.25, 0.3) is 0 Å². The molecule has 0 aromatic rings. The third kappa shape index (κ3) is 3.93. The molecule has 3 nitrogen and oxygen atoms in total. The Morgan fingerprint density at radius 1 is 1.38 bits per heavy atom. The molecule has 0 saturated heterocycles. The first kappa shape index (κ1) is 13.2. The fourth-order valence-electron chi connectivity index (χ4n) is 1.73. The number of hydrogen-bond donors (Lipinski definition) is 1. The number of nitrogens with one attached hydrogen (secondary N) is 1. The summed E-state index contributed by atoms with van der Waals surface area (Å²) >= 11 is 3.37. The average molecular weight is 286 g/mol. The lowest BCUT2D eigenvalue weighted by atomic mass is 9.88. The van der Waals surface area contributed by atoms with Gasteiger partial charge in [0.15, 0.2) is 5.78 Å². The van der Waals surface area contributed by atoms with Gasteiger partial charge in [0, 0.05) is 12.3 Å². The normalized spacial score (nSPS) is 17.5. The standard InChI is InChI=1S/C12H16BrNO2/c1-10(15)14-12(6-2-3-9-13)7-4-11(16)5-8-12/h4-5,7-8H,2-3,6,9H2,1H3,(H,14,15). The van der Waals surface area contributed by atoms with Crippen molar-refractivity contribution in [1.82, 2.24) is 5.32 Å². The number of ketones is 1. The van der Waals surface area contributed by atoms with E-state index in [9.17, 15) is 9.59 Å². The van der Waals surface area contributed by atoms with Crippen LogP contribution in [0.4, 0.5) is 0 Å². The summed E-state index contributed by atoms with van der Waals surface area (Å²) in [6, 6.07) is 0. The van der Waals surface area contributed by atoms with Crippen LogP contribution >= 0.6 is 15.9 Å². The second kappa shape index (κ2) is 5.99. The minimum Gasteiger partial charge on any atom is -0.344 e. The van der Waals surface area contributed by atoms with Crippen molar-refractivity contribution < 1.29 is 9.59 Å². The van der Waals surface area contributed by atoms with Gasteiger partial charge in [0.2, 0.25) is 5.91 Å². The van der Waals surface area contributed by atoms with Gasteiger partial charge in [0.05, 0.1) is 5.54 Å². The molecule has 16 heavy (non-hydrogen) atoms. The summed E-state index contributed by atoms with van der Waals surface area (Å²) in [5, 5.41) is 3.85. The van der Waals surface area contributed by atoms with Gasteiger partial charge >= 0.3 is 0 Å². The molecule has 0 aliphatic heterocycles. The molecule has 88 valence electrons. The minimum absolute atomic E-state index is 0.0264. The van der Waals surface area contributed by atoms with Gasteiger partial charge in [-0.15, -0.1) is 0 Å². The van der Waals surface area contributed by atoms with E-state index in [0.717, 1.165) is 24.6 Å². The lowest BCUT2D eigenvalue weighted by Crippen LogP contribution is -2.45. The monoisotopic (exact) mass is 285 g/mol. The van der Waals surface area contributed by atoms with Gasteiger partial charge in [-0.1, -0.05) is 28.1 Å². The van der Waals surface area contributed by atoms with Crippen molar-refractivity contribution in [1.29, 1.82) is 0 Å². The Bertz CT molecular complexity index is 318. The zero-order valence-corrected chi connectivity index (χ0v) is 10.9. The highest BCUT2D eigenvalue weighted by Crippen LogP contribution is 2.21. The van der Waals surface area contributed by atoms with Gasteiger partial charge in [-0.2, -0.15) is 0 Å². The number of amides is 1. The highest BCUT2D eigenvalue weighted by atomic mass is 79.9. The molecule has 0 spiro atoms. The maximum Gasteiger partial charge on any atom is 0.217 e. The topological polar surface area (TPSA) is 46.2 Å². The predicted octanol–water partition coefficient (Wildman–Crippen LogP) is 2.12. The molecule has 0 aromatic carbocycles. The molecule has 1 aliphatic rings. The zero-order chi connectivity index (χ0) is 12.0. The summed E-state index contributed by atoms with van der Waals surface area (Å²) in [7, 11) is 0. The molecule has 0 aromatic heterocycles. The van der Waals surface area contributed by atoms with E-state index in [1.165, 1.54) is 19.1 Å². The Morgan fingerprint density at radius 3 is 2.50 bits per heavy atom. The third-order valence-electron chi connectivity index (χ3n) is 2.47. The number of carbonyl (C=O) groups excluding carboxylic acids is 2. The van der Waals surface area contributed by atoms with Crippen LogP contribution in [0, 0.1) is 0 Å². The van der Waals surface area contributed by atoms with E-state index in [4.69, 9.17) is 0 Å². The largest absolute Gasteiger partial charge is 0.344 e. The van der Waals surface area contributed by atoms with Crippen LogP contribution < -0.4 is 5.32 Å². The Labute approximate surface area is 104 Å². The lowest BCUT2D eigenvalue weighted by molar-refractivity contribution is -0.120. The molecule has 0 fully saturated rings. The molecule has 1 amide bonds. The van der Waals surface area contributed by atoms with Gasteiger partial charge in [-0.05, 0) is 31.4 Å². The van der Waals surface area contributed by atoms with E-state index in [2.05, 4.69) is 21.2 Å². The fraction of sp³-hybridized carbons (Fsp3) is 0.500. The second-order valence-electron chi connectivity index (χ2n) is 3.94. The molecule has 4 heteroatoms. The number of halogens is 1. The zero-order valence-electron chi connectivity index (χ0n) is 9.33. The molecule has 0 saturated carbocycles. The van der Waals surface area contributed by atoms with E-state index >= 15 is 0 Å². The van der Waals surface area contributed by atoms with Crippen LogP contribution in [-0.2, 0) is 9.59 Å². The van der Waals surface area contributed by atoms with E-state index in [-0.39, 0.29) is 11.7 Å². The summed E-state index contributed by atoms with van der Waals surface area (Å²) in [6.45, 7) is 1.49. The Hall–Kier alpha value is -0.900. The second-order valence-corrected chi connectivity index (χ2v) is 4.73. The number of hydrogen-bond acceptors (Lipinski definition) is 2. The summed E-state index contributed by atoms with van der Waals surface area (Å²) in [4.78, 5) is 22.2. The van der Waals surface area contributed by atoms with Crippen LogP contribution in [-0.4, -0.2) is 22.6 Å². The molecule has 1 N–H and O–H groups in total. The first-order valence-corrected chi connectivity index (χ1v) is 6.47. The van der Waals surface area contributed by atoms with Crippen LogP contribution in [0.5, 0.6) is 0 Å². The average Bonchev–Trinajstić information content (AvgIpc) is 2.22. The highest BCUT2D eigenvalue weighted by Gasteiger charge is 2.26. The number of rotatable bonds is 5. The van der Waals surface area contributed by atoms with Crippen molar-refractivity contribution in [3.63, 3.8) is 0 Å². The number of alkyl halides is 1. The van der Waals surface area contributed by atoms with Crippen molar-refractivity contribution in [2.45, 2.75) is 31.7 Å². The van der Waals surface area contributed by atoms with E-state index < -0.39 is 5.54 Å². The number of unbranched alkanes of at least 4 members (excludes halogenated alkanes) is 1. The summed E-state index contributed by atoms with van der Waals surface area (Å²) in [6.07, 6.45) is 9.47. The molecule has 1 aliphatic carbocycles. The lowest BCUT2D eigenvalue weighted by Gasteiger charge is -2.29. The summed E-state index contributed by atoms with van der Waals surface area (Å²) < 4.78 is 0. The first-order chi connectivity index (χ1) is 7.58. The smallest absolute Gasteiger partial charge is 0.217 e. The fourth-order valence-corrected chi connectivity index (χ4v) is 2.12. The Kier molecular flexibility index (Phi) is 4.93. The Morgan fingerprint density at radius 2 is 2.00 bits per heavy atom. The van der Waals surface area contributed by atoms with Crippen LogP contribution in [0.1, 0.15) is 26.2 Å². The first-order valence-electron chi connectivity index (χ1n) is 5.35. The van der Waals surface area contributed by atoms with E-state index in [1.807, 2.05) is 0 Å². The van der Waals surface area contributed by atoms with Gasteiger partial charge < -0.3 is 5.32 Å². The molecule has 0 bridgehead atoms. The SMILES string of the molecule is CC(=O)NC1(CCCCBr)C=CC(=O)C=C1. The number of allylic oxidation sites excluding steroid dienone is 2. The third-order valence-corrected chi connectivity index (χ3v) is 3.03. The highest BCUT2D eigenvalue weighted by molar-refractivity contribution is 9.09. The maximum absolute atomic E-state index is 11.2. The number of carbonyl (C=O) groups is 2. The quantitative estimate of drug-likeness (QED) is 0.621. The van der Waals surface area contributed by atoms with Gasteiger partial charge in [0.1, 0.15) is 0 Å². The summed E-state index contributed by atoms with van der Waals surface area (Å²) in [5.41, 5.74) is -0.470. The molecule has 0 heterocycles. The molecule has 0 unspecified atom stereocenters.